The van der Waals surface area contributed by atoms with E-state index in [0.29, 0.717) is 0 Å². The van der Waals surface area contributed by atoms with Crippen LogP contribution in [-0.2, 0) is 5.75 Å². The number of hydrogen-bond acceptors (Lipinski definition) is 2. The highest BCUT2D eigenvalue weighted by Gasteiger charge is 2.09. The molecule has 0 saturated heterocycles. The lowest BCUT2D eigenvalue weighted by atomic mass is 9.99. The van der Waals surface area contributed by atoms with Crippen molar-refractivity contribution >= 4 is 39.0 Å². The fourth-order valence-electron chi connectivity index (χ4n) is 3.15. The second kappa shape index (κ2) is 6.21. The fourth-order valence-corrected chi connectivity index (χ4v) is 4.08. The minimum absolute atomic E-state index is 0.892. The van der Waals surface area contributed by atoms with Crippen LogP contribution in [0.15, 0.2) is 77.7 Å². The molecule has 0 aliphatic heterocycles. The highest BCUT2D eigenvalue weighted by Crippen LogP contribution is 2.37. The van der Waals surface area contributed by atoms with Crippen molar-refractivity contribution in [2.24, 2.45) is 0 Å². The molecule has 0 saturated carbocycles. The lowest BCUT2D eigenvalue weighted by molar-refractivity contribution is 1.39. The lowest BCUT2D eigenvalue weighted by Gasteiger charge is -2.12. The van der Waals surface area contributed by atoms with Gasteiger partial charge < -0.3 is 5.73 Å². The molecule has 0 atom stereocenters. The van der Waals surface area contributed by atoms with Crippen molar-refractivity contribution in [1.29, 1.82) is 0 Å². The lowest BCUT2D eigenvalue weighted by Crippen LogP contribution is -1.92. The van der Waals surface area contributed by atoms with Gasteiger partial charge in [0.05, 0.1) is 5.69 Å². The Balaban J connectivity index is 1.80. The monoisotopic (exact) mass is 329 g/mol. The van der Waals surface area contributed by atoms with Crippen LogP contribution in [0.3, 0.4) is 0 Å². The molecule has 0 bridgehead atoms. The van der Waals surface area contributed by atoms with Crippen molar-refractivity contribution in [3.63, 3.8) is 0 Å². The predicted molar refractivity (Wildman–Crippen MR) is 107 cm³/mol. The zero-order valence-corrected chi connectivity index (χ0v) is 14.4. The summed E-state index contributed by atoms with van der Waals surface area (Å²) in [4.78, 5) is 1.15. The minimum Gasteiger partial charge on any atom is -0.397 e. The quantitative estimate of drug-likeness (QED) is 0.276. The first-order valence-electron chi connectivity index (χ1n) is 8.11. The molecule has 118 valence electrons. The van der Waals surface area contributed by atoms with Gasteiger partial charge in [0.1, 0.15) is 0 Å². The summed E-state index contributed by atoms with van der Waals surface area (Å²) in [6.07, 6.45) is 0. The zero-order chi connectivity index (χ0) is 16.5. The summed E-state index contributed by atoms with van der Waals surface area (Å²) in [6.45, 7) is 2.12. The number of benzene rings is 4. The molecule has 4 aromatic rings. The van der Waals surface area contributed by atoms with Crippen LogP contribution in [0.25, 0.3) is 21.5 Å². The molecular formula is C22H19NS. The van der Waals surface area contributed by atoms with E-state index in [4.69, 9.17) is 5.73 Å². The van der Waals surface area contributed by atoms with Gasteiger partial charge in [-0.05, 0) is 34.7 Å². The molecule has 4 aromatic carbocycles. The zero-order valence-electron chi connectivity index (χ0n) is 13.6. The maximum atomic E-state index is 6.57. The van der Waals surface area contributed by atoms with Gasteiger partial charge in [-0.15, -0.1) is 11.8 Å². The third-order valence-corrected chi connectivity index (χ3v) is 5.54. The van der Waals surface area contributed by atoms with Crippen molar-refractivity contribution in [2.45, 2.75) is 17.6 Å². The Bertz CT molecular complexity index is 1020. The summed E-state index contributed by atoms with van der Waals surface area (Å²) in [7, 11) is 0. The largest absolute Gasteiger partial charge is 0.397 e. The van der Waals surface area contributed by atoms with Gasteiger partial charge in [-0.1, -0.05) is 72.3 Å². The van der Waals surface area contributed by atoms with Crippen LogP contribution >= 0.6 is 11.8 Å². The van der Waals surface area contributed by atoms with E-state index in [1.165, 1.54) is 32.7 Å². The molecule has 2 heteroatoms. The van der Waals surface area contributed by atoms with Gasteiger partial charge >= 0.3 is 0 Å². The highest BCUT2D eigenvalue weighted by molar-refractivity contribution is 7.98. The molecule has 0 spiro atoms. The van der Waals surface area contributed by atoms with E-state index in [2.05, 4.69) is 73.7 Å². The summed E-state index contributed by atoms with van der Waals surface area (Å²) < 4.78 is 0. The van der Waals surface area contributed by atoms with Crippen molar-refractivity contribution < 1.29 is 0 Å². The Labute approximate surface area is 146 Å². The Kier molecular flexibility index (Phi) is 3.91. The summed E-state index contributed by atoms with van der Waals surface area (Å²) >= 11 is 1.80. The topological polar surface area (TPSA) is 26.0 Å². The van der Waals surface area contributed by atoms with E-state index in [1.807, 2.05) is 6.07 Å². The number of nitrogens with two attached hydrogens (primary N) is 1. The van der Waals surface area contributed by atoms with E-state index in [0.717, 1.165) is 16.3 Å². The molecular weight excluding hydrogens is 310 g/mol. The van der Waals surface area contributed by atoms with Crippen molar-refractivity contribution in [3.05, 3.63) is 83.9 Å². The molecule has 1 nitrogen and oxygen atoms in total. The molecule has 0 aromatic heterocycles. The Morgan fingerprint density at radius 2 is 1.58 bits per heavy atom. The number of hydrogen-bond donors (Lipinski definition) is 1. The van der Waals surface area contributed by atoms with Gasteiger partial charge in [-0.3, -0.25) is 0 Å². The molecule has 0 heterocycles. The van der Waals surface area contributed by atoms with Crippen LogP contribution in [0.5, 0.6) is 0 Å². The van der Waals surface area contributed by atoms with Crippen LogP contribution in [0, 0.1) is 6.92 Å². The third kappa shape index (κ3) is 2.74. The molecule has 0 amide bonds. The third-order valence-electron chi connectivity index (χ3n) is 4.39. The molecule has 4 rings (SSSR count). The summed E-state index contributed by atoms with van der Waals surface area (Å²) in [6, 6.07) is 25.8. The highest BCUT2D eigenvalue weighted by atomic mass is 32.2. The average molecular weight is 329 g/mol. The maximum Gasteiger partial charge on any atom is 0.0538 e. The SMILES string of the molecule is Cc1ccc2c(ccc3ccc(SCc4ccccc4)c(N)c32)c1. The molecule has 0 aliphatic rings. The number of thioether (sulfide) groups is 1. The van der Waals surface area contributed by atoms with Gasteiger partial charge in [0.2, 0.25) is 0 Å². The maximum absolute atomic E-state index is 6.57. The van der Waals surface area contributed by atoms with E-state index in [-0.39, 0.29) is 0 Å². The standard InChI is InChI=1S/C22H19NS/c1-15-7-11-19-18(13-15)9-8-17-10-12-20(22(23)21(17)19)24-14-16-5-3-2-4-6-16/h2-13H,14,23H2,1H3. The number of rotatable bonds is 3. The van der Waals surface area contributed by atoms with Gasteiger partial charge in [0, 0.05) is 16.0 Å². The number of anilines is 1. The van der Waals surface area contributed by atoms with Crippen LogP contribution < -0.4 is 5.73 Å². The Morgan fingerprint density at radius 3 is 2.42 bits per heavy atom. The molecule has 0 unspecified atom stereocenters. The van der Waals surface area contributed by atoms with Crippen molar-refractivity contribution in [1.82, 2.24) is 0 Å². The first-order chi connectivity index (χ1) is 11.7. The number of fused-ring (bicyclic) bond motifs is 3. The van der Waals surface area contributed by atoms with Gasteiger partial charge in [0.15, 0.2) is 0 Å². The van der Waals surface area contributed by atoms with Crippen LogP contribution in [-0.4, -0.2) is 0 Å². The summed E-state index contributed by atoms with van der Waals surface area (Å²) in [5.41, 5.74) is 10.0. The van der Waals surface area contributed by atoms with E-state index in [9.17, 15) is 0 Å². The molecule has 0 aliphatic carbocycles. The van der Waals surface area contributed by atoms with E-state index in [1.54, 1.807) is 11.8 Å². The average Bonchev–Trinajstić information content (AvgIpc) is 2.61. The molecule has 24 heavy (non-hydrogen) atoms. The van der Waals surface area contributed by atoms with Crippen LogP contribution in [0.2, 0.25) is 0 Å². The second-order valence-corrected chi connectivity index (χ2v) is 7.16. The summed E-state index contributed by atoms with van der Waals surface area (Å²) in [5, 5.41) is 4.86. The Morgan fingerprint density at radius 1 is 0.833 bits per heavy atom. The van der Waals surface area contributed by atoms with Gasteiger partial charge in [-0.25, -0.2) is 0 Å². The molecule has 0 radical (unpaired) electrons. The number of nitrogen functional groups attached to an aromatic ring is 1. The smallest absolute Gasteiger partial charge is 0.0538 e. The molecule has 0 fully saturated rings. The van der Waals surface area contributed by atoms with Crippen molar-refractivity contribution in [3.8, 4) is 0 Å². The fraction of sp³-hybridized carbons (Fsp3) is 0.0909. The normalized spacial score (nSPS) is 11.2. The van der Waals surface area contributed by atoms with Gasteiger partial charge in [0.25, 0.3) is 0 Å². The van der Waals surface area contributed by atoms with Crippen molar-refractivity contribution in [2.75, 3.05) is 5.73 Å². The second-order valence-electron chi connectivity index (χ2n) is 6.14. The number of aryl methyl sites for hydroxylation is 1. The predicted octanol–water partition coefficient (Wildman–Crippen LogP) is 6.18. The van der Waals surface area contributed by atoms with Gasteiger partial charge in [-0.2, -0.15) is 0 Å². The molecule has 2 N–H and O–H groups in total. The van der Waals surface area contributed by atoms with E-state index < -0.39 is 0 Å². The minimum atomic E-state index is 0.892. The first kappa shape index (κ1) is 15.1. The first-order valence-corrected chi connectivity index (χ1v) is 9.09. The van der Waals surface area contributed by atoms with E-state index >= 15 is 0 Å². The van der Waals surface area contributed by atoms with Crippen LogP contribution in [0.1, 0.15) is 11.1 Å². The summed E-state index contributed by atoms with van der Waals surface area (Å²) in [5.74, 6) is 0.931. The Hall–Kier alpha value is -2.45. The van der Waals surface area contributed by atoms with Crippen LogP contribution in [0.4, 0.5) is 5.69 Å².